The molecular weight excluding hydrogens is 320 g/mol. The van der Waals surface area contributed by atoms with Gasteiger partial charge >= 0.3 is 0 Å². The van der Waals surface area contributed by atoms with E-state index in [9.17, 15) is 0 Å². The molecule has 3 rings (SSSR count). The summed E-state index contributed by atoms with van der Waals surface area (Å²) in [5, 5.41) is 4.42. The number of anilines is 2. The lowest BCUT2D eigenvalue weighted by Gasteiger charge is -2.19. The van der Waals surface area contributed by atoms with Gasteiger partial charge in [0.25, 0.3) is 5.95 Å². The summed E-state index contributed by atoms with van der Waals surface area (Å²) < 4.78 is 2.50. The molecule has 0 spiro atoms. The fraction of sp³-hybridized carbons (Fsp3) is 0.462. The zero-order valence-corrected chi connectivity index (χ0v) is 13.2. The summed E-state index contributed by atoms with van der Waals surface area (Å²) in [6.07, 6.45) is 2.37. The maximum Gasteiger partial charge on any atom is 0.254 e. The van der Waals surface area contributed by atoms with Crippen LogP contribution in [0.5, 0.6) is 0 Å². The normalized spacial score (nSPS) is 15.1. The van der Waals surface area contributed by atoms with E-state index in [1.165, 1.54) is 12.8 Å². The minimum Gasteiger partial charge on any atom is -0.383 e. The van der Waals surface area contributed by atoms with Gasteiger partial charge in [-0.2, -0.15) is 15.1 Å². The van der Waals surface area contributed by atoms with Crippen molar-refractivity contribution in [3.8, 4) is 5.95 Å². The summed E-state index contributed by atoms with van der Waals surface area (Å²) in [6, 6.07) is 2.00. The molecule has 1 fully saturated rings. The molecule has 2 aromatic rings. The van der Waals surface area contributed by atoms with Crippen molar-refractivity contribution in [3.63, 3.8) is 0 Å². The van der Waals surface area contributed by atoms with Crippen molar-refractivity contribution in [2.75, 3.05) is 23.7 Å². The van der Waals surface area contributed by atoms with Crippen LogP contribution in [0.3, 0.4) is 0 Å². The maximum atomic E-state index is 6.02. The van der Waals surface area contributed by atoms with Gasteiger partial charge in [0.05, 0.1) is 5.69 Å². The lowest BCUT2D eigenvalue weighted by atomic mass is 10.4. The largest absolute Gasteiger partial charge is 0.383 e. The number of hydrogen-bond donors (Lipinski definition) is 1. The molecule has 1 saturated heterocycles. The van der Waals surface area contributed by atoms with Crippen molar-refractivity contribution in [2.24, 2.45) is 0 Å². The van der Waals surface area contributed by atoms with E-state index in [0.717, 1.165) is 34.8 Å². The molecule has 2 N–H and O–H groups in total. The van der Waals surface area contributed by atoms with E-state index >= 15 is 0 Å². The molecule has 0 radical (unpaired) electrons. The van der Waals surface area contributed by atoms with Gasteiger partial charge in [0, 0.05) is 18.8 Å². The van der Waals surface area contributed by atoms with E-state index in [-0.39, 0.29) is 0 Å². The van der Waals surface area contributed by atoms with Gasteiger partial charge in [-0.15, -0.1) is 0 Å². The molecule has 0 amide bonds. The van der Waals surface area contributed by atoms with E-state index in [0.29, 0.717) is 11.8 Å². The molecule has 3 heterocycles. The number of hydrogen-bond acceptors (Lipinski definition) is 5. The van der Waals surface area contributed by atoms with Crippen LogP contribution >= 0.6 is 15.9 Å². The topological polar surface area (TPSA) is 72.9 Å². The van der Waals surface area contributed by atoms with Crippen LogP contribution in [0.15, 0.2) is 10.5 Å². The number of nitrogens with two attached hydrogens (primary N) is 1. The van der Waals surface area contributed by atoms with Gasteiger partial charge < -0.3 is 10.6 Å². The van der Waals surface area contributed by atoms with Gasteiger partial charge in [0.2, 0.25) is 0 Å². The summed E-state index contributed by atoms with van der Waals surface area (Å²) in [4.78, 5) is 11.2. The third kappa shape index (κ3) is 2.26. The highest BCUT2D eigenvalue weighted by Crippen LogP contribution is 2.31. The first-order valence-corrected chi connectivity index (χ1v) is 7.47. The Labute approximate surface area is 126 Å². The number of nitrogens with zero attached hydrogens (tertiary/aromatic N) is 5. The van der Waals surface area contributed by atoms with Crippen LogP contribution in [0.2, 0.25) is 0 Å². The number of rotatable bonds is 2. The fourth-order valence-corrected chi connectivity index (χ4v) is 2.93. The molecule has 106 valence electrons. The van der Waals surface area contributed by atoms with Crippen molar-refractivity contribution in [2.45, 2.75) is 26.7 Å². The number of halogens is 1. The van der Waals surface area contributed by atoms with E-state index in [4.69, 9.17) is 5.73 Å². The second-order valence-corrected chi connectivity index (χ2v) is 5.87. The molecule has 1 aliphatic heterocycles. The van der Waals surface area contributed by atoms with E-state index in [1.54, 1.807) is 4.68 Å². The molecule has 0 atom stereocenters. The van der Waals surface area contributed by atoms with Gasteiger partial charge in [-0.1, -0.05) is 0 Å². The van der Waals surface area contributed by atoms with Crippen molar-refractivity contribution in [1.82, 2.24) is 19.7 Å². The van der Waals surface area contributed by atoms with Gasteiger partial charge in [-0.25, -0.2) is 4.68 Å². The number of aryl methyl sites for hydroxylation is 2. The lowest BCUT2D eigenvalue weighted by molar-refractivity contribution is 0.767. The Morgan fingerprint density at radius 2 is 1.90 bits per heavy atom. The summed E-state index contributed by atoms with van der Waals surface area (Å²) in [6.45, 7) is 5.95. The van der Waals surface area contributed by atoms with Crippen LogP contribution < -0.4 is 10.6 Å². The Kier molecular flexibility index (Phi) is 3.37. The minimum absolute atomic E-state index is 0.449. The number of aromatic nitrogens is 4. The minimum atomic E-state index is 0.449. The highest BCUT2D eigenvalue weighted by atomic mass is 79.9. The zero-order valence-electron chi connectivity index (χ0n) is 11.6. The molecular formula is C13H17BrN6. The molecule has 0 unspecified atom stereocenters. The predicted molar refractivity (Wildman–Crippen MR) is 82.2 cm³/mol. The van der Waals surface area contributed by atoms with Gasteiger partial charge in [0.15, 0.2) is 5.82 Å². The van der Waals surface area contributed by atoms with Crippen molar-refractivity contribution in [3.05, 3.63) is 21.9 Å². The van der Waals surface area contributed by atoms with Crippen LogP contribution in [-0.2, 0) is 0 Å². The third-order valence-corrected chi connectivity index (χ3v) is 4.21. The molecule has 7 heteroatoms. The van der Waals surface area contributed by atoms with Gasteiger partial charge in [0.1, 0.15) is 10.3 Å². The molecule has 6 nitrogen and oxygen atoms in total. The smallest absolute Gasteiger partial charge is 0.254 e. The van der Waals surface area contributed by atoms with Crippen LogP contribution in [-0.4, -0.2) is 32.8 Å². The Hall–Kier alpha value is -1.63. The van der Waals surface area contributed by atoms with Gasteiger partial charge in [-0.3, -0.25) is 0 Å². The van der Waals surface area contributed by atoms with Crippen LogP contribution in [0, 0.1) is 13.8 Å². The Balaban J connectivity index is 2.10. The van der Waals surface area contributed by atoms with Crippen molar-refractivity contribution < 1.29 is 0 Å². The summed E-state index contributed by atoms with van der Waals surface area (Å²) in [7, 11) is 0. The summed E-state index contributed by atoms with van der Waals surface area (Å²) in [5.41, 5.74) is 7.95. The van der Waals surface area contributed by atoms with Crippen molar-refractivity contribution >= 4 is 27.6 Å². The monoisotopic (exact) mass is 336 g/mol. The lowest BCUT2D eigenvalue weighted by Crippen LogP contribution is -2.21. The number of nitrogen functional groups attached to an aromatic ring is 1. The first-order valence-electron chi connectivity index (χ1n) is 6.68. The molecule has 0 aliphatic carbocycles. The molecule has 0 saturated carbocycles. The Bertz CT molecular complexity index is 645. The summed E-state index contributed by atoms with van der Waals surface area (Å²) in [5.74, 6) is 1.83. The molecule has 0 aromatic carbocycles. The van der Waals surface area contributed by atoms with Crippen LogP contribution in [0.25, 0.3) is 5.95 Å². The Morgan fingerprint density at radius 1 is 1.20 bits per heavy atom. The second kappa shape index (κ2) is 5.05. The predicted octanol–water partition coefficient (Wildman–Crippen LogP) is 2.22. The molecule has 1 aliphatic rings. The van der Waals surface area contributed by atoms with Crippen LogP contribution in [0.4, 0.5) is 11.6 Å². The average Bonchev–Trinajstić information content (AvgIpc) is 3.02. The highest BCUT2D eigenvalue weighted by Gasteiger charge is 2.21. The average molecular weight is 337 g/mol. The molecule has 2 aromatic heterocycles. The standard InChI is InChI=1S/C13H17BrN6/c1-8-7-9(2)20(18-8)13-16-11(15)10(14)12(17-13)19-5-3-4-6-19/h7H,3-6H2,1-2H3,(H2,15,16,17). The van der Waals surface area contributed by atoms with E-state index < -0.39 is 0 Å². The third-order valence-electron chi connectivity index (χ3n) is 3.45. The van der Waals surface area contributed by atoms with Crippen molar-refractivity contribution in [1.29, 1.82) is 0 Å². The quantitative estimate of drug-likeness (QED) is 0.910. The van der Waals surface area contributed by atoms with Gasteiger partial charge in [-0.05, 0) is 48.7 Å². The highest BCUT2D eigenvalue weighted by molar-refractivity contribution is 9.10. The molecule has 20 heavy (non-hydrogen) atoms. The van der Waals surface area contributed by atoms with Crippen LogP contribution in [0.1, 0.15) is 24.2 Å². The first kappa shape index (κ1) is 13.4. The maximum absolute atomic E-state index is 6.02. The zero-order chi connectivity index (χ0) is 14.3. The van der Waals surface area contributed by atoms with E-state index in [2.05, 4.69) is 35.9 Å². The second-order valence-electron chi connectivity index (χ2n) is 5.08. The molecule has 0 bridgehead atoms. The SMILES string of the molecule is Cc1cc(C)n(-c2nc(N)c(Br)c(N3CCCC3)n2)n1. The fourth-order valence-electron chi connectivity index (χ4n) is 2.50. The van der Waals surface area contributed by atoms with E-state index in [1.807, 2.05) is 19.9 Å². The Morgan fingerprint density at radius 3 is 2.50 bits per heavy atom. The summed E-state index contributed by atoms with van der Waals surface area (Å²) >= 11 is 3.50. The first-order chi connectivity index (χ1) is 9.56.